The van der Waals surface area contributed by atoms with Gasteiger partial charge in [0.2, 0.25) is 5.78 Å². The first kappa shape index (κ1) is 11.9. The first-order valence-electron chi connectivity index (χ1n) is 5.37. The van der Waals surface area contributed by atoms with E-state index in [9.17, 15) is 4.79 Å². The SMILES string of the molecule is COc1cccc(C(=O)c2sc(C)cc2C)c1. The molecule has 0 bridgehead atoms. The lowest BCUT2D eigenvalue weighted by Crippen LogP contribution is -2.00. The van der Waals surface area contributed by atoms with E-state index in [1.54, 1.807) is 24.5 Å². The predicted molar refractivity (Wildman–Crippen MR) is 70.2 cm³/mol. The summed E-state index contributed by atoms with van der Waals surface area (Å²) in [5.74, 6) is 0.779. The van der Waals surface area contributed by atoms with Gasteiger partial charge in [-0.05, 0) is 37.6 Å². The van der Waals surface area contributed by atoms with Crippen LogP contribution < -0.4 is 4.74 Å². The highest BCUT2D eigenvalue weighted by Gasteiger charge is 2.14. The summed E-state index contributed by atoms with van der Waals surface area (Å²) in [6.07, 6.45) is 0. The van der Waals surface area contributed by atoms with E-state index in [2.05, 4.69) is 0 Å². The maximum atomic E-state index is 12.3. The normalized spacial score (nSPS) is 10.3. The maximum absolute atomic E-state index is 12.3. The minimum Gasteiger partial charge on any atom is -0.497 e. The van der Waals surface area contributed by atoms with E-state index in [1.165, 1.54) is 0 Å². The van der Waals surface area contributed by atoms with Gasteiger partial charge in [0.15, 0.2) is 0 Å². The highest BCUT2D eigenvalue weighted by molar-refractivity contribution is 7.14. The lowest BCUT2D eigenvalue weighted by molar-refractivity contribution is 0.104. The highest BCUT2D eigenvalue weighted by Crippen LogP contribution is 2.25. The van der Waals surface area contributed by atoms with Crippen LogP contribution in [0.15, 0.2) is 30.3 Å². The van der Waals surface area contributed by atoms with Crippen LogP contribution >= 0.6 is 11.3 Å². The Morgan fingerprint density at radius 1 is 1.24 bits per heavy atom. The van der Waals surface area contributed by atoms with Gasteiger partial charge < -0.3 is 4.74 Å². The Balaban J connectivity index is 2.40. The van der Waals surface area contributed by atoms with Gasteiger partial charge in [-0.3, -0.25) is 4.79 Å². The van der Waals surface area contributed by atoms with Crippen molar-refractivity contribution in [1.82, 2.24) is 0 Å². The van der Waals surface area contributed by atoms with Gasteiger partial charge in [0.1, 0.15) is 5.75 Å². The van der Waals surface area contributed by atoms with Crippen LogP contribution in [0.2, 0.25) is 0 Å². The first-order chi connectivity index (χ1) is 8.11. The predicted octanol–water partition coefficient (Wildman–Crippen LogP) is 3.60. The number of aryl methyl sites for hydroxylation is 2. The average Bonchev–Trinajstić information content (AvgIpc) is 2.67. The van der Waals surface area contributed by atoms with E-state index in [0.29, 0.717) is 11.3 Å². The van der Waals surface area contributed by atoms with E-state index in [1.807, 2.05) is 38.1 Å². The molecule has 0 aliphatic heterocycles. The summed E-state index contributed by atoms with van der Waals surface area (Å²) in [7, 11) is 1.60. The minimum absolute atomic E-state index is 0.0690. The van der Waals surface area contributed by atoms with Crippen molar-refractivity contribution in [2.24, 2.45) is 0 Å². The quantitative estimate of drug-likeness (QED) is 0.773. The Bertz CT molecular complexity index is 555. The lowest BCUT2D eigenvalue weighted by Gasteiger charge is -2.03. The summed E-state index contributed by atoms with van der Waals surface area (Å²) in [6.45, 7) is 3.98. The van der Waals surface area contributed by atoms with Crippen LogP contribution in [0.4, 0.5) is 0 Å². The Kier molecular flexibility index (Phi) is 3.29. The van der Waals surface area contributed by atoms with Crippen LogP contribution in [0, 0.1) is 13.8 Å². The zero-order chi connectivity index (χ0) is 12.4. The number of rotatable bonds is 3. The minimum atomic E-state index is 0.0690. The van der Waals surface area contributed by atoms with Crippen LogP contribution in [0.5, 0.6) is 5.75 Å². The van der Waals surface area contributed by atoms with Crippen molar-refractivity contribution in [1.29, 1.82) is 0 Å². The van der Waals surface area contributed by atoms with Crippen LogP contribution in [0.25, 0.3) is 0 Å². The van der Waals surface area contributed by atoms with Crippen molar-refractivity contribution in [3.05, 3.63) is 51.2 Å². The zero-order valence-corrected chi connectivity index (χ0v) is 10.9. The Morgan fingerprint density at radius 2 is 2.00 bits per heavy atom. The highest BCUT2D eigenvalue weighted by atomic mass is 32.1. The van der Waals surface area contributed by atoms with E-state index < -0.39 is 0 Å². The zero-order valence-electron chi connectivity index (χ0n) is 10.1. The summed E-state index contributed by atoms with van der Waals surface area (Å²) in [4.78, 5) is 14.3. The molecule has 0 N–H and O–H groups in total. The molecule has 0 fully saturated rings. The third-order valence-electron chi connectivity index (χ3n) is 2.58. The third kappa shape index (κ3) is 2.39. The van der Waals surface area contributed by atoms with Gasteiger partial charge in [0.25, 0.3) is 0 Å². The Morgan fingerprint density at radius 3 is 2.59 bits per heavy atom. The second kappa shape index (κ2) is 4.72. The van der Waals surface area contributed by atoms with Gasteiger partial charge in [-0.1, -0.05) is 12.1 Å². The molecule has 0 atom stereocenters. The molecule has 88 valence electrons. The van der Waals surface area contributed by atoms with Crippen molar-refractivity contribution < 1.29 is 9.53 Å². The van der Waals surface area contributed by atoms with E-state index >= 15 is 0 Å². The molecule has 2 nitrogen and oxygen atoms in total. The molecule has 3 heteroatoms. The topological polar surface area (TPSA) is 26.3 Å². The van der Waals surface area contributed by atoms with Crippen molar-refractivity contribution >= 4 is 17.1 Å². The number of carbonyl (C=O) groups excluding carboxylic acids is 1. The standard InChI is InChI=1S/C14H14O2S/c1-9-7-10(2)17-14(9)13(15)11-5-4-6-12(8-11)16-3/h4-8H,1-3H3. The van der Waals surface area contributed by atoms with E-state index in [-0.39, 0.29) is 5.78 Å². The number of hydrogen-bond donors (Lipinski definition) is 0. The number of ether oxygens (including phenoxy) is 1. The second-order valence-electron chi connectivity index (χ2n) is 3.93. The molecule has 0 spiro atoms. The number of ketones is 1. The van der Waals surface area contributed by atoms with Crippen LogP contribution in [-0.2, 0) is 0 Å². The van der Waals surface area contributed by atoms with Crippen molar-refractivity contribution in [2.45, 2.75) is 13.8 Å². The Hall–Kier alpha value is -1.61. The van der Waals surface area contributed by atoms with Gasteiger partial charge in [0.05, 0.1) is 12.0 Å². The second-order valence-corrected chi connectivity index (χ2v) is 5.19. The molecule has 0 aliphatic carbocycles. The molecule has 2 aromatic rings. The molecule has 0 unspecified atom stereocenters. The fourth-order valence-corrected chi connectivity index (χ4v) is 2.75. The molecular weight excluding hydrogens is 232 g/mol. The molecule has 1 aromatic carbocycles. The van der Waals surface area contributed by atoms with Gasteiger partial charge in [-0.15, -0.1) is 11.3 Å². The molecule has 0 saturated carbocycles. The molecule has 0 saturated heterocycles. The summed E-state index contributed by atoms with van der Waals surface area (Å²) >= 11 is 1.54. The van der Waals surface area contributed by atoms with Crippen molar-refractivity contribution in [2.75, 3.05) is 7.11 Å². The molecule has 2 rings (SSSR count). The van der Waals surface area contributed by atoms with Gasteiger partial charge in [0, 0.05) is 10.4 Å². The summed E-state index contributed by atoms with van der Waals surface area (Å²) in [5, 5.41) is 0. The van der Waals surface area contributed by atoms with Gasteiger partial charge in [-0.25, -0.2) is 0 Å². The van der Waals surface area contributed by atoms with Crippen LogP contribution in [0.1, 0.15) is 25.7 Å². The number of methoxy groups -OCH3 is 1. The molecule has 1 aromatic heterocycles. The van der Waals surface area contributed by atoms with Gasteiger partial charge in [-0.2, -0.15) is 0 Å². The molecular formula is C14H14O2S. The van der Waals surface area contributed by atoms with Gasteiger partial charge >= 0.3 is 0 Å². The smallest absolute Gasteiger partial charge is 0.203 e. The number of hydrogen-bond acceptors (Lipinski definition) is 3. The fraction of sp³-hybridized carbons (Fsp3) is 0.214. The summed E-state index contributed by atoms with van der Waals surface area (Å²) in [5.41, 5.74) is 1.72. The van der Waals surface area contributed by atoms with Crippen LogP contribution in [-0.4, -0.2) is 12.9 Å². The van der Waals surface area contributed by atoms with Crippen LogP contribution in [0.3, 0.4) is 0 Å². The molecule has 17 heavy (non-hydrogen) atoms. The third-order valence-corrected chi connectivity index (χ3v) is 3.73. The summed E-state index contributed by atoms with van der Waals surface area (Å²) < 4.78 is 5.13. The summed E-state index contributed by atoms with van der Waals surface area (Å²) in [6, 6.07) is 9.30. The largest absolute Gasteiger partial charge is 0.497 e. The number of carbonyl (C=O) groups is 1. The van der Waals surface area contributed by atoms with Crippen molar-refractivity contribution in [3.63, 3.8) is 0 Å². The number of thiophene rings is 1. The molecule has 0 aliphatic rings. The van der Waals surface area contributed by atoms with Crippen molar-refractivity contribution in [3.8, 4) is 5.75 Å². The maximum Gasteiger partial charge on any atom is 0.203 e. The lowest BCUT2D eigenvalue weighted by atomic mass is 10.1. The number of benzene rings is 1. The monoisotopic (exact) mass is 246 g/mol. The fourth-order valence-electron chi connectivity index (χ4n) is 1.76. The Labute approximate surface area is 105 Å². The average molecular weight is 246 g/mol. The van der Waals surface area contributed by atoms with E-state index in [4.69, 9.17) is 4.74 Å². The van der Waals surface area contributed by atoms with E-state index in [0.717, 1.165) is 15.3 Å². The molecule has 0 radical (unpaired) electrons. The molecule has 1 heterocycles. The first-order valence-corrected chi connectivity index (χ1v) is 6.19. The molecule has 0 amide bonds.